The van der Waals surface area contributed by atoms with Crippen molar-refractivity contribution in [3.8, 4) is 11.5 Å². The van der Waals surface area contributed by atoms with Gasteiger partial charge in [-0.25, -0.2) is 0 Å². The van der Waals surface area contributed by atoms with E-state index in [0.717, 1.165) is 44.1 Å². The van der Waals surface area contributed by atoms with Gasteiger partial charge in [-0.15, -0.1) is 6.58 Å². The van der Waals surface area contributed by atoms with Crippen molar-refractivity contribution in [3.63, 3.8) is 0 Å². The van der Waals surface area contributed by atoms with Gasteiger partial charge in [-0.3, -0.25) is 9.80 Å². The first-order valence-electron chi connectivity index (χ1n) is 12.0. The molecule has 1 saturated heterocycles. The van der Waals surface area contributed by atoms with Crippen LogP contribution in [0.1, 0.15) is 29.7 Å². The van der Waals surface area contributed by atoms with Crippen molar-refractivity contribution in [1.82, 2.24) is 9.80 Å². The van der Waals surface area contributed by atoms with E-state index in [1.807, 2.05) is 12.1 Å². The van der Waals surface area contributed by atoms with Gasteiger partial charge in [-0.1, -0.05) is 72.8 Å². The molecular weight excluding hydrogens is 420 g/mol. The largest absolute Gasteiger partial charge is 0.493 e. The number of hydrogen-bond donors (Lipinski definition) is 0. The molecule has 0 saturated carbocycles. The molecular formula is C30H36N2O2. The van der Waals surface area contributed by atoms with Gasteiger partial charge in [0.15, 0.2) is 11.5 Å². The van der Waals surface area contributed by atoms with Crippen LogP contribution in [-0.2, 0) is 6.42 Å². The molecule has 178 valence electrons. The second-order valence-corrected chi connectivity index (χ2v) is 9.29. The molecule has 1 aliphatic rings. The van der Waals surface area contributed by atoms with Crippen molar-refractivity contribution in [1.29, 1.82) is 0 Å². The summed E-state index contributed by atoms with van der Waals surface area (Å²) >= 11 is 0. The minimum atomic E-state index is -0.0617. The van der Waals surface area contributed by atoms with Crippen LogP contribution in [0.4, 0.5) is 0 Å². The second-order valence-electron chi connectivity index (χ2n) is 9.29. The van der Waals surface area contributed by atoms with E-state index in [1.165, 1.54) is 16.7 Å². The van der Waals surface area contributed by atoms with Crippen molar-refractivity contribution in [2.24, 2.45) is 0 Å². The summed E-state index contributed by atoms with van der Waals surface area (Å²) in [5, 5.41) is 0. The quantitative estimate of drug-likeness (QED) is 0.392. The lowest BCUT2D eigenvalue weighted by Crippen LogP contribution is -2.62. The number of hydrogen-bond acceptors (Lipinski definition) is 4. The van der Waals surface area contributed by atoms with E-state index in [9.17, 15) is 0 Å². The molecule has 0 aromatic heterocycles. The van der Waals surface area contributed by atoms with E-state index in [0.29, 0.717) is 0 Å². The topological polar surface area (TPSA) is 24.9 Å². The van der Waals surface area contributed by atoms with Gasteiger partial charge >= 0.3 is 0 Å². The zero-order chi connectivity index (χ0) is 24.0. The van der Waals surface area contributed by atoms with Crippen LogP contribution in [0, 0.1) is 0 Å². The second kappa shape index (κ2) is 10.9. The van der Waals surface area contributed by atoms with Gasteiger partial charge in [-0.05, 0) is 42.2 Å². The Morgan fingerprint density at radius 3 is 2.06 bits per heavy atom. The number of rotatable bonds is 9. The smallest absolute Gasteiger partial charge is 0.160 e. The molecule has 34 heavy (non-hydrogen) atoms. The van der Waals surface area contributed by atoms with Gasteiger partial charge in [0, 0.05) is 31.7 Å². The van der Waals surface area contributed by atoms with Gasteiger partial charge in [0.05, 0.1) is 20.3 Å². The fraction of sp³-hybridized carbons (Fsp3) is 0.333. The Morgan fingerprint density at radius 2 is 1.50 bits per heavy atom. The van der Waals surface area contributed by atoms with Crippen LogP contribution in [0.5, 0.6) is 11.5 Å². The van der Waals surface area contributed by atoms with Gasteiger partial charge in [0.1, 0.15) is 0 Å². The maximum Gasteiger partial charge on any atom is 0.160 e. The Balaban J connectivity index is 1.68. The zero-order valence-corrected chi connectivity index (χ0v) is 20.6. The van der Waals surface area contributed by atoms with Crippen molar-refractivity contribution in [2.45, 2.75) is 24.9 Å². The molecule has 3 aromatic rings. The first-order valence-corrected chi connectivity index (χ1v) is 12.0. The monoisotopic (exact) mass is 456 g/mol. The molecule has 1 aliphatic heterocycles. The highest BCUT2D eigenvalue weighted by molar-refractivity contribution is 5.43. The molecule has 4 rings (SSSR count). The fourth-order valence-corrected chi connectivity index (χ4v) is 5.31. The van der Waals surface area contributed by atoms with Gasteiger partial charge in [0.25, 0.3) is 0 Å². The van der Waals surface area contributed by atoms with Crippen LogP contribution in [0.3, 0.4) is 0 Å². The Bertz CT molecular complexity index is 1030. The van der Waals surface area contributed by atoms with Gasteiger partial charge < -0.3 is 9.47 Å². The Morgan fingerprint density at radius 1 is 0.882 bits per heavy atom. The molecule has 4 nitrogen and oxygen atoms in total. The van der Waals surface area contributed by atoms with E-state index in [1.54, 1.807) is 14.2 Å². The minimum absolute atomic E-state index is 0.0617. The lowest BCUT2D eigenvalue weighted by atomic mass is 9.86. The molecule has 0 amide bonds. The van der Waals surface area contributed by atoms with Crippen LogP contribution < -0.4 is 9.47 Å². The fourth-order valence-electron chi connectivity index (χ4n) is 5.31. The standard InChI is InChI=1S/C30H36N2O2/c1-5-18-32-20-19-31(29(25-12-8-6-9-13-25)26-14-10-7-11-15-26)23-30(32,2)22-24-16-17-27(33-3)28(21-24)34-4/h5-17,21,29H,1,18-20,22-23H2,2-4H3. The molecule has 1 heterocycles. The maximum absolute atomic E-state index is 5.58. The molecule has 3 aromatic carbocycles. The summed E-state index contributed by atoms with van der Waals surface area (Å²) < 4.78 is 11.0. The molecule has 0 N–H and O–H groups in total. The highest BCUT2D eigenvalue weighted by Crippen LogP contribution is 2.36. The Labute approximate surface area is 204 Å². The summed E-state index contributed by atoms with van der Waals surface area (Å²) in [7, 11) is 3.37. The van der Waals surface area contributed by atoms with Crippen LogP contribution in [0.25, 0.3) is 0 Å². The van der Waals surface area contributed by atoms with E-state index in [4.69, 9.17) is 9.47 Å². The third-order valence-electron chi connectivity index (χ3n) is 6.94. The lowest BCUT2D eigenvalue weighted by Gasteiger charge is -2.51. The molecule has 0 bridgehead atoms. The van der Waals surface area contributed by atoms with Crippen molar-refractivity contribution in [2.75, 3.05) is 40.4 Å². The zero-order valence-electron chi connectivity index (χ0n) is 20.6. The molecule has 0 radical (unpaired) electrons. The van der Waals surface area contributed by atoms with E-state index < -0.39 is 0 Å². The first kappa shape index (κ1) is 24.1. The van der Waals surface area contributed by atoms with E-state index in [2.05, 4.69) is 96.1 Å². The van der Waals surface area contributed by atoms with E-state index >= 15 is 0 Å². The average molecular weight is 457 g/mol. The summed E-state index contributed by atoms with van der Waals surface area (Å²) in [6.07, 6.45) is 2.93. The Kier molecular flexibility index (Phi) is 7.71. The third kappa shape index (κ3) is 5.19. The minimum Gasteiger partial charge on any atom is -0.493 e. The number of piperazine rings is 1. The lowest BCUT2D eigenvalue weighted by molar-refractivity contribution is 0.00321. The molecule has 0 aliphatic carbocycles. The summed E-state index contributed by atoms with van der Waals surface area (Å²) in [6.45, 7) is 10.2. The van der Waals surface area contributed by atoms with Crippen LogP contribution >= 0.6 is 0 Å². The van der Waals surface area contributed by atoms with Gasteiger partial charge in [0.2, 0.25) is 0 Å². The summed E-state index contributed by atoms with van der Waals surface area (Å²) in [4.78, 5) is 5.21. The molecule has 1 unspecified atom stereocenters. The Hall–Kier alpha value is -3.08. The van der Waals surface area contributed by atoms with Crippen LogP contribution in [0.2, 0.25) is 0 Å². The van der Waals surface area contributed by atoms with Crippen molar-refractivity contribution >= 4 is 0 Å². The van der Waals surface area contributed by atoms with Gasteiger partial charge in [-0.2, -0.15) is 0 Å². The summed E-state index contributed by atoms with van der Waals surface area (Å²) in [6, 6.07) is 28.2. The summed E-state index contributed by atoms with van der Waals surface area (Å²) in [5.41, 5.74) is 3.85. The first-order chi connectivity index (χ1) is 16.6. The van der Waals surface area contributed by atoms with Crippen molar-refractivity contribution in [3.05, 3.63) is 108 Å². The SMILES string of the molecule is C=CCN1CCN(C(c2ccccc2)c2ccccc2)CC1(C)Cc1ccc(OC)c(OC)c1. The maximum atomic E-state index is 5.58. The third-order valence-corrected chi connectivity index (χ3v) is 6.94. The number of nitrogens with zero attached hydrogens (tertiary/aromatic N) is 2. The molecule has 1 atom stereocenters. The van der Waals surface area contributed by atoms with Crippen LogP contribution in [0.15, 0.2) is 91.5 Å². The highest BCUT2D eigenvalue weighted by Gasteiger charge is 2.40. The van der Waals surface area contributed by atoms with Crippen molar-refractivity contribution < 1.29 is 9.47 Å². The number of benzene rings is 3. The average Bonchev–Trinajstić information content (AvgIpc) is 2.87. The molecule has 1 fully saturated rings. The number of ether oxygens (including phenoxy) is 2. The normalized spacial score (nSPS) is 19.2. The predicted octanol–water partition coefficient (Wildman–Crippen LogP) is 5.60. The number of methoxy groups -OCH3 is 2. The highest BCUT2D eigenvalue weighted by atomic mass is 16.5. The predicted molar refractivity (Wildman–Crippen MR) is 140 cm³/mol. The van der Waals surface area contributed by atoms with Crippen LogP contribution in [-0.4, -0.2) is 55.7 Å². The van der Waals surface area contributed by atoms with E-state index in [-0.39, 0.29) is 11.6 Å². The summed E-state index contributed by atoms with van der Waals surface area (Å²) in [5.74, 6) is 1.54. The molecule has 0 spiro atoms. The molecule has 4 heteroatoms.